The Bertz CT molecular complexity index is 871. The second-order valence-electron chi connectivity index (χ2n) is 5.54. The zero-order valence-electron chi connectivity index (χ0n) is 14.4. The molecule has 0 bridgehead atoms. The zero-order chi connectivity index (χ0) is 17.5. The Kier molecular flexibility index (Phi) is 13.6. The monoisotopic (exact) mass is 604 g/mol. The van der Waals surface area contributed by atoms with Crippen LogP contribution in [0, 0.1) is 0 Å². The van der Waals surface area contributed by atoms with Gasteiger partial charge in [0.15, 0.2) is 0 Å². The first-order valence-corrected chi connectivity index (χ1v) is 15.4. The minimum atomic E-state index is 0. The van der Waals surface area contributed by atoms with Gasteiger partial charge in [-0.3, -0.25) is 0 Å². The van der Waals surface area contributed by atoms with Gasteiger partial charge in [0.25, 0.3) is 0 Å². The molecule has 0 fully saturated rings. The largest absolute Gasteiger partial charge is 1.00 e. The average molecular weight is 608 g/mol. The fraction of sp³-hybridized carbons (Fsp3) is 0.100. The molecule has 0 N–H and O–H groups in total. The molecule has 26 heavy (non-hydrogen) atoms. The normalized spacial score (nSPS) is 9.15. The van der Waals surface area contributed by atoms with Crippen LogP contribution in [0.1, 0.15) is 0 Å². The Balaban J connectivity index is 0.000000378. The number of rotatable bonds is 0. The van der Waals surface area contributed by atoms with E-state index in [9.17, 15) is 0 Å². The van der Waals surface area contributed by atoms with Crippen LogP contribution in [0.5, 0.6) is 0 Å². The molecule has 0 aliphatic rings. The van der Waals surface area contributed by atoms with E-state index in [4.69, 9.17) is 0 Å². The summed E-state index contributed by atoms with van der Waals surface area (Å²) in [5, 5.41) is 5.19. The zero-order valence-corrected chi connectivity index (χ0v) is 22.6. The molecule has 0 atom stereocenters. The summed E-state index contributed by atoms with van der Waals surface area (Å²) in [6, 6.07) is 25.0. The maximum atomic E-state index is 3.47. The molecule has 0 unspecified atom stereocenters. The van der Waals surface area contributed by atoms with E-state index in [0.29, 0.717) is 0 Å². The molecular formula is C20H18Br2Cl2SiZr-2. The van der Waals surface area contributed by atoms with Crippen molar-refractivity contribution in [3.63, 3.8) is 0 Å². The molecule has 136 valence electrons. The summed E-state index contributed by atoms with van der Waals surface area (Å²) in [6.45, 7) is 4.62. The molecule has 0 aromatic heterocycles. The van der Waals surface area contributed by atoms with E-state index < -0.39 is 0 Å². The third-order valence-corrected chi connectivity index (χ3v) is 4.64. The Hall–Kier alpha value is 0.300. The van der Waals surface area contributed by atoms with E-state index in [1.807, 2.05) is 12.1 Å². The predicted octanol–water partition coefficient (Wildman–Crippen LogP) is 1.43. The fourth-order valence-corrected chi connectivity index (χ4v) is 3.21. The van der Waals surface area contributed by atoms with Crippen molar-refractivity contribution >= 4 is 58.8 Å². The fourth-order valence-electron chi connectivity index (χ4n) is 2.23. The first kappa shape index (κ1) is 26.3. The Morgan fingerprint density at radius 2 is 1.04 bits per heavy atom. The van der Waals surface area contributed by atoms with Crippen molar-refractivity contribution in [2.75, 3.05) is 0 Å². The van der Waals surface area contributed by atoms with Gasteiger partial charge in [0.05, 0.1) is 0 Å². The van der Waals surface area contributed by atoms with Gasteiger partial charge in [-0.15, -0.1) is 114 Å². The van der Waals surface area contributed by atoms with Crippen LogP contribution < -0.4 is 24.8 Å². The summed E-state index contributed by atoms with van der Waals surface area (Å²) >= 11 is 8.67. The molecule has 4 aromatic carbocycles. The first-order valence-electron chi connectivity index (χ1n) is 7.60. The van der Waals surface area contributed by atoms with Gasteiger partial charge < -0.3 is 24.8 Å². The minimum absolute atomic E-state index is 0. The van der Waals surface area contributed by atoms with Crippen LogP contribution in [0.2, 0.25) is 13.1 Å². The summed E-state index contributed by atoms with van der Waals surface area (Å²) in [7, 11) is 0. The van der Waals surface area contributed by atoms with E-state index in [0.717, 1.165) is 0 Å². The van der Waals surface area contributed by atoms with Crippen LogP contribution >= 0.6 is 31.9 Å². The van der Waals surface area contributed by atoms with Crippen LogP contribution in [0.15, 0.2) is 81.7 Å². The summed E-state index contributed by atoms with van der Waals surface area (Å²) in [4.78, 5) is 0. The van der Waals surface area contributed by atoms with Gasteiger partial charge in [-0.25, -0.2) is 0 Å². The number of hydrogen-bond donors (Lipinski definition) is 0. The van der Waals surface area contributed by atoms with Gasteiger partial charge in [0.1, 0.15) is 0 Å². The average Bonchev–Trinajstić information content (AvgIpc) is 3.13. The van der Waals surface area contributed by atoms with Crippen molar-refractivity contribution in [3.8, 4) is 0 Å². The number of fused-ring (bicyclic) bond motifs is 2. The van der Waals surface area contributed by atoms with Gasteiger partial charge >= 0.3 is 41.9 Å². The van der Waals surface area contributed by atoms with E-state index in [2.05, 4.69) is 106 Å². The minimum Gasteiger partial charge on any atom is -1.00 e. The Labute approximate surface area is 199 Å². The molecule has 0 amide bonds. The molecule has 4 rings (SSSR count). The van der Waals surface area contributed by atoms with Crippen LogP contribution in [-0.2, 0) is 23.3 Å². The van der Waals surface area contributed by atoms with Gasteiger partial charge in [-0.2, -0.15) is 0 Å². The van der Waals surface area contributed by atoms with Gasteiger partial charge in [0, 0.05) is 0 Å². The molecule has 0 nitrogen and oxygen atoms in total. The standard InChI is InChI=1S/2C9H6Br.C2H6Si.2ClH.Zr/c2*10-9-6-5-7-3-1-2-4-8(7)9;1-3-2;;;/h2*1-6H;1-2H3;2*1H;/q2*-1;;;;+2/p-2. The SMILES string of the molecule is Brc1c[cH-]c2ccccc12.Brc1c[cH-]c2ccccc12.C[Si](C)=[Zr+2].[Cl-].[Cl-]. The second kappa shape index (κ2) is 13.5. The first-order chi connectivity index (χ1) is 11.5. The van der Waals surface area contributed by atoms with Gasteiger partial charge in [-0.05, 0) is 0 Å². The van der Waals surface area contributed by atoms with E-state index in [1.165, 1.54) is 30.5 Å². The van der Waals surface area contributed by atoms with Crippen molar-refractivity contribution in [1.29, 1.82) is 0 Å². The third kappa shape index (κ3) is 8.12. The van der Waals surface area contributed by atoms with E-state index in [-0.39, 0.29) is 30.2 Å². The number of halogens is 4. The van der Waals surface area contributed by atoms with Crippen molar-refractivity contribution < 1.29 is 48.1 Å². The van der Waals surface area contributed by atoms with Crippen molar-refractivity contribution in [1.82, 2.24) is 0 Å². The summed E-state index contributed by atoms with van der Waals surface area (Å²) < 4.78 is 2.37. The van der Waals surface area contributed by atoms with Gasteiger partial charge in [0.2, 0.25) is 0 Å². The van der Waals surface area contributed by atoms with Crippen molar-refractivity contribution in [3.05, 3.63) is 81.7 Å². The molecule has 0 heterocycles. The Morgan fingerprint density at radius 3 is 1.35 bits per heavy atom. The van der Waals surface area contributed by atoms with Crippen LogP contribution in [0.25, 0.3) is 21.5 Å². The quantitative estimate of drug-likeness (QED) is 0.210. The Morgan fingerprint density at radius 1 is 0.731 bits per heavy atom. The van der Waals surface area contributed by atoms with E-state index in [1.54, 1.807) is 23.3 Å². The maximum absolute atomic E-state index is 3.47. The third-order valence-electron chi connectivity index (χ3n) is 3.25. The maximum Gasteiger partial charge on any atom is -1.00 e. The second-order valence-corrected chi connectivity index (χ2v) is 16.6. The number of hydrogen-bond acceptors (Lipinski definition) is 0. The molecular weight excluding hydrogens is 590 g/mol. The molecule has 0 saturated carbocycles. The van der Waals surface area contributed by atoms with E-state index >= 15 is 0 Å². The van der Waals surface area contributed by atoms with Crippen LogP contribution in [0.4, 0.5) is 0 Å². The molecule has 0 saturated heterocycles. The number of benzene rings is 2. The summed E-state index contributed by atoms with van der Waals surface area (Å²) in [5.41, 5.74) is 0.210. The molecule has 0 aliphatic heterocycles. The van der Waals surface area contributed by atoms with Crippen LogP contribution in [0.3, 0.4) is 0 Å². The molecule has 6 heteroatoms. The molecule has 0 radical (unpaired) electrons. The van der Waals surface area contributed by atoms with Crippen molar-refractivity contribution in [2.24, 2.45) is 0 Å². The predicted molar refractivity (Wildman–Crippen MR) is 112 cm³/mol. The van der Waals surface area contributed by atoms with Crippen LogP contribution in [-0.4, -0.2) is 5.43 Å². The summed E-state index contributed by atoms with van der Waals surface area (Å²) in [6.07, 6.45) is 0. The smallest absolute Gasteiger partial charge is 1.00 e. The molecule has 4 aromatic rings. The van der Waals surface area contributed by atoms with Crippen molar-refractivity contribution in [2.45, 2.75) is 13.1 Å². The molecule has 0 spiro atoms. The topological polar surface area (TPSA) is 0 Å². The summed E-state index contributed by atoms with van der Waals surface area (Å²) in [5.74, 6) is 0. The molecule has 0 aliphatic carbocycles. The van der Waals surface area contributed by atoms with Gasteiger partial charge in [-0.1, -0.05) is 21.1 Å².